The van der Waals surface area contributed by atoms with Gasteiger partial charge in [0.1, 0.15) is 5.75 Å². The van der Waals surface area contributed by atoms with Crippen LogP contribution in [0.5, 0.6) is 5.75 Å². The highest BCUT2D eigenvalue weighted by atomic mass is 16.5. The summed E-state index contributed by atoms with van der Waals surface area (Å²) >= 11 is 0. The largest absolute Gasteiger partial charge is 0.497 e. The van der Waals surface area contributed by atoms with Crippen molar-refractivity contribution in [2.75, 3.05) is 7.11 Å². The molecule has 0 spiro atoms. The van der Waals surface area contributed by atoms with Gasteiger partial charge in [0.15, 0.2) is 0 Å². The second kappa shape index (κ2) is 5.39. The fourth-order valence-corrected chi connectivity index (χ4v) is 1.64. The third-order valence-corrected chi connectivity index (χ3v) is 2.51. The van der Waals surface area contributed by atoms with Gasteiger partial charge in [0, 0.05) is 6.42 Å². The molecular weight excluding hydrogens is 190 g/mol. The van der Waals surface area contributed by atoms with E-state index < -0.39 is 0 Å². The molecule has 0 aromatic heterocycles. The number of nitrogens with two attached hydrogens (primary N) is 1. The highest BCUT2D eigenvalue weighted by molar-refractivity contribution is 5.74. The lowest BCUT2D eigenvalue weighted by Crippen LogP contribution is -2.15. The SMILES string of the molecule is CCC(CC(N)=O)c1cccc(OC)c1. The highest BCUT2D eigenvalue weighted by Gasteiger charge is 2.12. The molecule has 3 heteroatoms. The third kappa shape index (κ3) is 3.27. The summed E-state index contributed by atoms with van der Waals surface area (Å²) in [5.41, 5.74) is 6.31. The first-order chi connectivity index (χ1) is 7.17. The molecule has 1 amide bonds. The van der Waals surface area contributed by atoms with Crippen LogP contribution in [0.15, 0.2) is 24.3 Å². The monoisotopic (exact) mass is 207 g/mol. The first-order valence-electron chi connectivity index (χ1n) is 5.09. The predicted molar refractivity (Wildman–Crippen MR) is 59.8 cm³/mol. The Labute approximate surface area is 90.2 Å². The topological polar surface area (TPSA) is 52.3 Å². The van der Waals surface area contributed by atoms with Crippen molar-refractivity contribution in [2.24, 2.45) is 5.73 Å². The van der Waals surface area contributed by atoms with Crippen LogP contribution in [0.1, 0.15) is 31.2 Å². The molecule has 0 heterocycles. The zero-order chi connectivity index (χ0) is 11.3. The van der Waals surface area contributed by atoms with Gasteiger partial charge in [-0.3, -0.25) is 4.79 Å². The number of carbonyl (C=O) groups is 1. The molecule has 15 heavy (non-hydrogen) atoms. The molecule has 82 valence electrons. The minimum Gasteiger partial charge on any atom is -0.497 e. The molecule has 0 aliphatic heterocycles. The van der Waals surface area contributed by atoms with Crippen molar-refractivity contribution < 1.29 is 9.53 Å². The van der Waals surface area contributed by atoms with E-state index in [1.54, 1.807) is 7.11 Å². The summed E-state index contributed by atoms with van der Waals surface area (Å²) in [6, 6.07) is 7.77. The quantitative estimate of drug-likeness (QED) is 0.803. The predicted octanol–water partition coefficient (Wildman–Crippen LogP) is 2.06. The van der Waals surface area contributed by atoms with E-state index in [2.05, 4.69) is 0 Å². The Hall–Kier alpha value is -1.51. The van der Waals surface area contributed by atoms with Crippen molar-refractivity contribution >= 4 is 5.91 Å². The summed E-state index contributed by atoms with van der Waals surface area (Å²) in [5, 5.41) is 0. The van der Waals surface area contributed by atoms with Gasteiger partial charge in [-0.25, -0.2) is 0 Å². The molecule has 0 aliphatic carbocycles. The first kappa shape index (κ1) is 11.6. The van der Waals surface area contributed by atoms with Gasteiger partial charge in [0.25, 0.3) is 0 Å². The van der Waals surface area contributed by atoms with E-state index in [1.165, 1.54) is 0 Å². The molecule has 0 aliphatic rings. The maximum Gasteiger partial charge on any atom is 0.218 e. The van der Waals surface area contributed by atoms with Crippen molar-refractivity contribution in [1.82, 2.24) is 0 Å². The van der Waals surface area contributed by atoms with Crippen molar-refractivity contribution in [3.63, 3.8) is 0 Å². The molecule has 0 saturated heterocycles. The zero-order valence-corrected chi connectivity index (χ0v) is 9.19. The maximum atomic E-state index is 10.9. The molecule has 3 nitrogen and oxygen atoms in total. The molecule has 2 N–H and O–H groups in total. The minimum absolute atomic E-state index is 0.192. The number of benzene rings is 1. The van der Waals surface area contributed by atoms with Crippen LogP contribution in [-0.2, 0) is 4.79 Å². The summed E-state index contributed by atoms with van der Waals surface area (Å²) in [7, 11) is 1.63. The van der Waals surface area contributed by atoms with Gasteiger partial charge >= 0.3 is 0 Å². The molecule has 1 rings (SSSR count). The number of hydrogen-bond acceptors (Lipinski definition) is 2. The van der Waals surface area contributed by atoms with Gasteiger partial charge in [-0.2, -0.15) is 0 Å². The molecule has 0 radical (unpaired) electrons. The average Bonchev–Trinajstić information content (AvgIpc) is 2.25. The van der Waals surface area contributed by atoms with E-state index in [-0.39, 0.29) is 11.8 Å². The van der Waals surface area contributed by atoms with Gasteiger partial charge in [-0.1, -0.05) is 19.1 Å². The van der Waals surface area contributed by atoms with Gasteiger partial charge in [0.05, 0.1) is 7.11 Å². The van der Waals surface area contributed by atoms with E-state index in [1.807, 2.05) is 31.2 Å². The van der Waals surface area contributed by atoms with Crippen LogP contribution in [0.25, 0.3) is 0 Å². The smallest absolute Gasteiger partial charge is 0.218 e. The van der Waals surface area contributed by atoms with Crippen LogP contribution in [0.4, 0.5) is 0 Å². The number of primary amides is 1. The van der Waals surface area contributed by atoms with Gasteiger partial charge < -0.3 is 10.5 Å². The number of carbonyl (C=O) groups excluding carboxylic acids is 1. The third-order valence-electron chi connectivity index (χ3n) is 2.51. The fraction of sp³-hybridized carbons (Fsp3) is 0.417. The number of amides is 1. The van der Waals surface area contributed by atoms with E-state index in [9.17, 15) is 4.79 Å². The van der Waals surface area contributed by atoms with Crippen molar-refractivity contribution in [2.45, 2.75) is 25.7 Å². The average molecular weight is 207 g/mol. The Morgan fingerprint density at radius 3 is 2.80 bits per heavy atom. The second-order valence-corrected chi connectivity index (χ2v) is 3.55. The van der Waals surface area contributed by atoms with Crippen LogP contribution in [0, 0.1) is 0 Å². The van der Waals surface area contributed by atoms with E-state index in [0.717, 1.165) is 17.7 Å². The minimum atomic E-state index is -0.260. The van der Waals surface area contributed by atoms with Crippen LogP contribution >= 0.6 is 0 Å². The summed E-state index contributed by atoms with van der Waals surface area (Å²) in [4.78, 5) is 10.9. The zero-order valence-electron chi connectivity index (χ0n) is 9.19. The molecule has 1 unspecified atom stereocenters. The van der Waals surface area contributed by atoms with Gasteiger partial charge in [-0.15, -0.1) is 0 Å². The van der Waals surface area contributed by atoms with Gasteiger partial charge in [-0.05, 0) is 30.0 Å². The van der Waals surface area contributed by atoms with Gasteiger partial charge in [0.2, 0.25) is 5.91 Å². The Kier molecular flexibility index (Phi) is 4.16. The van der Waals surface area contributed by atoms with Crippen LogP contribution in [-0.4, -0.2) is 13.0 Å². The summed E-state index contributed by atoms with van der Waals surface area (Å²) in [6.07, 6.45) is 1.29. The first-order valence-corrected chi connectivity index (χ1v) is 5.09. The lowest BCUT2D eigenvalue weighted by atomic mass is 9.93. The number of hydrogen-bond donors (Lipinski definition) is 1. The van der Waals surface area contributed by atoms with Crippen LogP contribution in [0.3, 0.4) is 0 Å². The molecule has 1 aromatic rings. The molecule has 0 saturated carbocycles. The molecule has 0 bridgehead atoms. The van der Waals surface area contributed by atoms with E-state index >= 15 is 0 Å². The summed E-state index contributed by atoms with van der Waals surface area (Å²) < 4.78 is 5.14. The van der Waals surface area contributed by atoms with Crippen molar-refractivity contribution in [1.29, 1.82) is 0 Å². The normalized spacial score (nSPS) is 12.1. The summed E-state index contributed by atoms with van der Waals surface area (Å²) in [5.74, 6) is 0.748. The summed E-state index contributed by atoms with van der Waals surface area (Å²) in [6.45, 7) is 2.05. The van der Waals surface area contributed by atoms with Crippen molar-refractivity contribution in [3.05, 3.63) is 29.8 Å². The maximum absolute atomic E-state index is 10.9. The molecular formula is C12H17NO2. The molecule has 1 atom stereocenters. The van der Waals surface area contributed by atoms with Crippen molar-refractivity contribution in [3.8, 4) is 5.75 Å². The Morgan fingerprint density at radius 1 is 1.53 bits per heavy atom. The van der Waals surface area contributed by atoms with Crippen LogP contribution < -0.4 is 10.5 Å². The lowest BCUT2D eigenvalue weighted by Gasteiger charge is -2.14. The lowest BCUT2D eigenvalue weighted by molar-refractivity contribution is -0.118. The number of rotatable bonds is 5. The number of ether oxygens (including phenoxy) is 1. The Morgan fingerprint density at radius 2 is 2.27 bits per heavy atom. The fourth-order valence-electron chi connectivity index (χ4n) is 1.64. The standard InChI is InChI=1S/C12H17NO2/c1-3-9(8-12(13)14)10-5-4-6-11(7-10)15-2/h4-7,9H,3,8H2,1-2H3,(H2,13,14). The second-order valence-electron chi connectivity index (χ2n) is 3.55. The van der Waals surface area contributed by atoms with Crippen LogP contribution in [0.2, 0.25) is 0 Å². The van der Waals surface area contributed by atoms with E-state index in [4.69, 9.17) is 10.5 Å². The highest BCUT2D eigenvalue weighted by Crippen LogP contribution is 2.25. The molecule has 0 fully saturated rings. The van der Waals surface area contributed by atoms with E-state index in [0.29, 0.717) is 6.42 Å². The molecule has 1 aromatic carbocycles. The Balaban J connectivity index is 2.85. The number of methoxy groups -OCH3 is 1. The Bertz CT molecular complexity index is 336.